The van der Waals surface area contributed by atoms with Gasteiger partial charge in [-0.1, -0.05) is 15.9 Å². The molecule has 82 valence electrons. The van der Waals surface area contributed by atoms with Gasteiger partial charge in [0.2, 0.25) is 0 Å². The zero-order valence-electron chi connectivity index (χ0n) is 9.44. The van der Waals surface area contributed by atoms with Crippen molar-refractivity contribution in [2.45, 2.75) is 32.6 Å². The van der Waals surface area contributed by atoms with E-state index in [1.165, 1.54) is 40.5 Å². The summed E-state index contributed by atoms with van der Waals surface area (Å²) in [4.78, 5) is 0. The van der Waals surface area contributed by atoms with Gasteiger partial charge in [0.1, 0.15) is 0 Å². The number of benzene rings is 1. The first-order chi connectivity index (χ1) is 7.18. The maximum atomic E-state index is 3.59. The Morgan fingerprint density at radius 3 is 2.80 bits per heavy atom. The number of piperidine rings is 1. The Morgan fingerprint density at radius 2 is 2.13 bits per heavy atom. The van der Waals surface area contributed by atoms with Crippen LogP contribution in [0.2, 0.25) is 0 Å². The number of rotatable bonds is 1. The van der Waals surface area contributed by atoms with Crippen molar-refractivity contribution in [3.05, 3.63) is 33.3 Å². The highest BCUT2D eigenvalue weighted by Gasteiger charge is 2.17. The Morgan fingerprint density at radius 1 is 1.33 bits per heavy atom. The molecule has 1 aliphatic heterocycles. The highest BCUT2D eigenvalue weighted by Crippen LogP contribution is 2.30. The van der Waals surface area contributed by atoms with E-state index in [-0.39, 0.29) is 0 Å². The van der Waals surface area contributed by atoms with E-state index >= 15 is 0 Å². The summed E-state index contributed by atoms with van der Waals surface area (Å²) >= 11 is 3.59. The second kappa shape index (κ2) is 4.67. The zero-order chi connectivity index (χ0) is 10.8. The van der Waals surface area contributed by atoms with E-state index < -0.39 is 0 Å². The molecular weight excluding hydrogens is 250 g/mol. The van der Waals surface area contributed by atoms with Crippen LogP contribution in [-0.2, 0) is 0 Å². The topological polar surface area (TPSA) is 12.0 Å². The van der Waals surface area contributed by atoms with Crippen LogP contribution in [0.25, 0.3) is 0 Å². The van der Waals surface area contributed by atoms with Gasteiger partial charge < -0.3 is 5.32 Å². The molecule has 1 aromatic carbocycles. The van der Waals surface area contributed by atoms with Crippen LogP contribution in [0, 0.1) is 13.8 Å². The Bertz CT molecular complexity index is 354. The third-order valence-electron chi connectivity index (χ3n) is 3.41. The SMILES string of the molecule is Cc1cc(Br)cc(C2CCCNC2)c1C. The van der Waals surface area contributed by atoms with Crippen LogP contribution < -0.4 is 5.32 Å². The van der Waals surface area contributed by atoms with E-state index in [1.807, 2.05) is 0 Å². The van der Waals surface area contributed by atoms with Crippen molar-refractivity contribution in [3.8, 4) is 0 Å². The molecular formula is C13H18BrN. The molecule has 0 aromatic heterocycles. The van der Waals surface area contributed by atoms with Crippen LogP contribution in [0.3, 0.4) is 0 Å². The Balaban J connectivity index is 2.33. The van der Waals surface area contributed by atoms with Crippen LogP contribution in [0.4, 0.5) is 0 Å². The van der Waals surface area contributed by atoms with Crippen molar-refractivity contribution in [1.29, 1.82) is 0 Å². The van der Waals surface area contributed by atoms with Crippen molar-refractivity contribution < 1.29 is 0 Å². The summed E-state index contributed by atoms with van der Waals surface area (Å²) in [7, 11) is 0. The van der Waals surface area contributed by atoms with Gasteiger partial charge in [-0.15, -0.1) is 0 Å². The van der Waals surface area contributed by atoms with Gasteiger partial charge in [0.25, 0.3) is 0 Å². The third kappa shape index (κ3) is 2.43. The van der Waals surface area contributed by atoms with Gasteiger partial charge in [-0.2, -0.15) is 0 Å². The highest BCUT2D eigenvalue weighted by atomic mass is 79.9. The molecule has 15 heavy (non-hydrogen) atoms. The smallest absolute Gasteiger partial charge is 0.0180 e. The van der Waals surface area contributed by atoms with E-state index in [4.69, 9.17) is 0 Å². The third-order valence-corrected chi connectivity index (χ3v) is 3.87. The molecule has 1 unspecified atom stereocenters. The predicted molar refractivity (Wildman–Crippen MR) is 68.5 cm³/mol. The van der Waals surface area contributed by atoms with Crippen LogP contribution in [-0.4, -0.2) is 13.1 Å². The second-order valence-electron chi connectivity index (χ2n) is 4.48. The Kier molecular flexibility index (Phi) is 3.47. The van der Waals surface area contributed by atoms with Crippen LogP contribution in [0.5, 0.6) is 0 Å². The maximum absolute atomic E-state index is 3.59. The van der Waals surface area contributed by atoms with Crippen molar-refractivity contribution in [2.75, 3.05) is 13.1 Å². The fourth-order valence-corrected chi connectivity index (χ4v) is 2.97. The summed E-state index contributed by atoms with van der Waals surface area (Å²) in [6, 6.07) is 4.50. The Hall–Kier alpha value is -0.340. The van der Waals surface area contributed by atoms with Gasteiger partial charge in [0.05, 0.1) is 0 Å². The fraction of sp³-hybridized carbons (Fsp3) is 0.538. The van der Waals surface area contributed by atoms with Crippen LogP contribution >= 0.6 is 15.9 Å². The lowest BCUT2D eigenvalue weighted by atomic mass is 9.87. The second-order valence-corrected chi connectivity index (χ2v) is 5.40. The number of halogens is 1. The minimum atomic E-state index is 0.704. The van der Waals surface area contributed by atoms with E-state index in [2.05, 4.69) is 47.2 Å². The maximum Gasteiger partial charge on any atom is 0.0180 e. The average Bonchev–Trinajstić information content (AvgIpc) is 2.24. The minimum absolute atomic E-state index is 0.704. The quantitative estimate of drug-likeness (QED) is 0.821. The minimum Gasteiger partial charge on any atom is -0.316 e. The summed E-state index contributed by atoms with van der Waals surface area (Å²) in [5, 5.41) is 3.48. The largest absolute Gasteiger partial charge is 0.316 e. The molecule has 2 rings (SSSR count). The molecule has 1 N–H and O–H groups in total. The zero-order valence-corrected chi connectivity index (χ0v) is 11.0. The predicted octanol–water partition coefficient (Wildman–Crippen LogP) is 3.53. The molecule has 2 heteroatoms. The lowest BCUT2D eigenvalue weighted by Gasteiger charge is -2.25. The van der Waals surface area contributed by atoms with Crippen LogP contribution in [0.15, 0.2) is 16.6 Å². The van der Waals surface area contributed by atoms with Gasteiger partial charge in [-0.05, 0) is 68.0 Å². The van der Waals surface area contributed by atoms with E-state index in [0.29, 0.717) is 5.92 Å². The average molecular weight is 268 g/mol. The first-order valence-corrected chi connectivity index (χ1v) is 6.45. The molecule has 0 saturated carbocycles. The van der Waals surface area contributed by atoms with Gasteiger partial charge in [0.15, 0.2) is 0 Å². The molecule has 1 atom stereocenters. The molecule has 0 radical (unpaired) electrons. The number of nitrogens with one attached hydrogen (secondary N) is 1. The first-order valence-electron chi connectivity index (χ1n) is 5.66. The lowest BCUT2D eigenvalue weighted by molar-refractivity contribution is 0.460. The van der Waals surface area contributed by atoms with Crippen molar-refractivity contribution in [2.24, 2.45) is 0 Å². The fourth-order valence-electron chi connectivity index (χ4n) is 2.38. The summed E-state index contributed by atoms with van der Waals surface area (Å²) in [6.07, 6.45) is 2.62. The molecule has 1 fully saturated rings. The summed E-state index contributed by atoms with van der Waals surface area (Å²) in [5.41, 5.74) is 4.38. The monoisotopic (exact) mass is 267 g/mol. The molecule has 1 saturated heterocycles. The van der Waals surface area contributed by atoms with Gasteiger partial charge in [0, 0.05) is 11.0 Å². The number of hydrogen-bond donors (Lipinski definition) is 1. The number of hydrogen-bond acceptors (Lipinski definition) is 1. The van der Waals surface area contributed by atoms with Gasteiger partial charge >= 0.3 is 0 Å². The number of aryl methyl sites for hydroxylation is 1. The molecule has 0 spiro atoms. The molecule has 1 nitrogen and oxygen atoms in total. The molecule has 0 bridgehead atoms. The first kappa shape index (κ1) is 11.2. The molecule has 1 aliphatic rings. The highest BCUT2D eigenvalue weighted by molar-refractivity contribution is 9.10. The molecule has 1 heterocycles. The summed E-state index contributed by atoms with van der Waals surface area (Å²) < 4.78 is 1.21. The van der Waals surface area contributed by atoms with Crippen molar-refractivity contribution in [1.82, 2.24) is 5.32 Å². The summed E-state index contributed by atoms with van der Waals surface area (Å²) in [6.45, 7) is 6.75. The van der Waals surface area contributed by atoms with Gasteiger partial charge in [-0.3, -0.25) is 0 Å². The van der Waals surface area contributed by atoms with Crippen LogP contribution in [0.1, 0.15) is 35.4 Å². The lowest BCUT2D eigenvalue weighted by Crippen LogP contribution is -2.28. The molecule has 0 aliphatic carbocycles. The standard InChI is InChI=1S/C13H18BrN/c1-9-6-12(14)7-13(10(9)2)11-4-3-5-15-8-11/h6-7,11,15H,3-5,8H2,1-2H3. The van der Waals surface area contributed by atoms with Crippen molar-refractivity contribution in [3.63, 3.8) is 0 Å². The van der Waals surface area contributed by atoms with E-state index in [1.54, 1.807) is 0 Å². The molecule has 1 aromatic rings. The van der Waals surface area contributed by atoms with Crippen molar-refractivity contribution >= 4 is 15.9 Å². The van der Waals surface area contributed by atoms with E-state index in [0.717, 1.165) is 6.54 Å². The van der Waals surface area contributed by atoms with Gasteiger partial charge in [-0.25, -0.2) is 0 Å². The van der Waals surface area contributed by atoms with E-state index in [9.17, 15) is 0 Å². The Labute approximate surface area is 100 Å². The normalized spacial score (nSPS) is 21.7. The summed E-state index contributed by atoms with van der Waals surface area (Å²) in [5.74, 6) is 0.704. The molecule has 0 amide bonds.